The molecule has 1 aromatic rings. The van der Waals surface area contributed by atoms with Crippen LogP contribution in [0.3, 0.4) is 0 Å². The van der Waals surface area contributed by atoms with Gasteiger partial charge in [0.15, 0.2) is 0 Å². The lowest BCUT2D eigenvalue weighted by atomic mass is 10.1. The van der Waals surface area contributed by atoms with Crippen LogP contribution in [0.25, 0.3) is 0 Å². The topological polar surface area (TPSA) is 67.4 Å². The van der Waals surface area contributed by atoms with Crippen molar-refractivity contribution in [2.24, 2.45) is 0 Å². The summed E-state index contributed by atoms with van der Waals surface area (Å²) in [5.74, 6) is -0.472. The lowest BCUT2D eigenvalue weighted by Crippen LogP contribution is -2.53. The Labute approximate surface area is 106 Å². The number of morpholine rings is 1. The molecule has 1 saturated heterocycles. The van der Waals surface area contributed by atoms with E-state index in [1.165, 1.54) is 5.56 Å². The third kappa shape index (κ3) is 3.30. The highest BCUT2D eigenvalue weighted by atomic mass is 16.5. The van der Waals surface area contributed by atoms with Crippen molar-refractivity contribution in [3.8, 4) is 0 Å². The van der Waals surface area contributed by atoms with Gasteiger partial charge in [-0.3, -0.25) is 9.59 Å². The molecule has 0 aliphatic carbocycles. The Morgan fingerprint density at radius 2 is 2.17 bits per heavy atom. The molecule has 1 heterocycles. The number of amides is 2. The predicted octanol–water partition coefficient (Wildman–Crippen LogP) is 0.126. The summed E-state index contributed by atoms with van der Waals surface area (Å²) in [7, 11) is 0. The van der Waals surface area contributed by atoms with E-state index in [4.69, 9.17) is 4.74 Å². The standard InChI is InChI=1S/C13H16N2O3/c1-9-2-4-10(5-3-9)6-14-13(17)11-7-18-8-12(16)15-11/h2-5,11H,6-8H2,1H3,(H,14,17)(H,15,16). The Kier molecular flexibility index (Phi) is 3.94. The molecular weight excluding hydrogens is 232 g/mol. The molecule has 5 heteroatoms. The third-order valence-corrected chi connectivity index (χ3v) is 2.76. The SMILES string of the molecule is Cc1ccc(CNC(=O)C2COCC(=O)N2)cc1. The van der Waals surface area contributed by atoms with Gasteiger partial charge in [-0.2, -0.15) is 0 Å². The van der Waals surface area contributed by atoms with Gasteiger partial charge in [-0.25, -0.2) is 0 Å². The number of carbonyl (C=O) groups excluding carboxylic acids is 2. The Morgan fingerprint density at radius 1 is 1.44 bits per heavy atom. The smallest absolute Gasteiger partial charge is 0.246 e. The van der Waals surface area contributed by atoms with Crippen molar-refractivity contribution in [1.29, 1.82) is 0 Å². The predicted molar refractivity (Wildman–Crippen MR) is 65.8 cm³/mol. The molecule has 0 radical (unpaired) electrons. The first-order valence-electron chi connectivity index (χ1n) is 5.85. The van der Waals surface area contributed by atoms with Gasteiger partial charge in [0.25, 0.3) is 0 Å². The molecule has 1 atom stereocenters. The van der Waals surface area contributed by atoms with Crippen LogP contribution in [-0.4, -0.2) is 31.1 Å². The second-order valence-electron chi connectivity index (χ2n) is 4.34. The van der Waals surface area contributed by atoms with E-state index >= 15 is 0 Å². The monoisotopic (exact) mass is 248 g/mol. The van der Waals surface area contributed by atoms with Gasteiger partial charge in [0, 0.05) is 6.54 Å². The van der Waals surface area contributed by atoms with Crippen LogP contribution in [0.15, 0.2) is 24.3 Å². The number of aryl methyl sites for hydroxylation is 1. The van der Waals surface area contributed by atoms with E-state index < -0.39 is 6.04 Å². The van der Waals surface area contributed by atoms with Gasteiger partial charge in [-0.1, -0.05) is 29.8 Å². The van der Waals surface area contributed by atoms with Crippen LogP contribution >= 0.6 is 0 Å². The fraction of sp³-hybridized carbons (Fsp3) is 0.385. The fourth-order valence-electron chi connectivity index (χ4n) is 1.71. The van der Waals surface area contributed by atoms with Crippen molar-refractivity contribution < 1.29 is 14.3 Å². The highest BCUT2D eigenvalue weighted by Crippen LogP contribution is 2.03. The molecule has 2 N–H and O–H groups in total. The average Bonchev–Trinajstić information content (AvgIpc) is 2.38. The summed E-state index contributed by atoms with van der Waals surface area (Å²) in [5, 5.41) is 5.36. The number of hydrogen-bond acceptors (Lipinski definition) is 3. The molecule has 96 valence electrons. The van der Waals surface area contributed by atoms with Gasteiger partial charge in [-0.05, 0) is 12.5 Å². The van der Waals surface area contributed by atoms with E-state index in [-0.39, 0.29) is 25.0 Å². The molecule has 0 aromatic heterocycles. The first kappa shape index (κ1) is 12.6. The van der Waals surface area contributed by atoms with Crippen molar-refractivity contribution in [3.63, 3.8) is 0 Å². The molecular formula is C13H16N2O3. The average molecular weight is 248 g/mol. The minimum Gasteiger partial charge on any atom is -0.369 e. The van der Waals surface area contributed by atoms with E-state index in [0.29, 0.717) is 6.54 Å². The molecule has 2 rings (SSSR count). The molecule has 0 spiro atoms. The number of nitrogens with one attached hydrogen (secondary N) is 2. The Hall–Kier alpha value is -1.88. The second-order valence-corrected chi connectivity index (χ2v) is 4.34. The van der Waals surface area contributed by atoms with Gasteiger partial charge in [0.05, 0.1) is 6.61 Å². The van der Waals surface area contributed by atoms with E-state index in [2.05, 4.69) is 10.6 Å². The highest BCUT2D eigenvalue weighted by molar-refractivity contribution is 5.89. The van der Waals surface area contributed by atoms with Crippen LogP contribution in [-0.2, 0) is 20.9 Å². The maximum atomic E-state index is 11.8. The molecule has 1 aliphatic rings. The molecule has 5 nitrogen and oxygen atoms in total. The third-order valence-electron chi connectivity index (χ3n) is 2.76. The fourth-order valence-corrected chi connectivity index (χ4v) is 1.71. The summed E-state index contributed by atoms with van der Waals surface area (Å²) in [6.07, 6.45) is 0. The summed E-state index contributed by atoms with van der Waals surface area (Å²) in [4.78, 5) is 22.9. The molecule has 0 bridgehead atoms. The normalized spacial score (nSPS) is 19.2. The largest absolute Gasteiger partial charge is 0.369 e. The van der Waals surface area contributed by atoms with E-state index in [9.17, 15) is 9.59 Å². The van der Waals surface area contributed by atoms with Gasteiger partial charge in [-0.15, -0.1) is 0 Å². The highest BCUT2D eigenvalue weighted by Gasteiger charge is 2.24. The molecule has 1 aromatic carbocycles. The summed E-state index contributed by atoms with van der Waals surface area (Å²) in [6.45, 7) is 2.72. The quantitative estimate of drug-likeness (QED) is 0.798. The van der Waals surface area contributed by atoms with Crippen LogP contribution in [0.1, 0.15) is 11.1 Å². The number of hydrogen-bond donors (Lipinski definition) is 2. The molecule has 2 amide bonds. The maximum Gasteiger partial charge on any atom is 0.246 e. The Morgan fingerprint density at radius 3 is 2.83 bits per heavy atom. The van der Waals surface area contributed by atoms with Crippen LogP contribution in [0, 0.1) is 6.92 Å². The van der Waals surface area contributed by atoms with E-state index in [0.717, 1.165) is 5.56 Å². The molecule has 0 saturated carbocycles. The Balaban J connectivity index is 1.84. The first-order valence-corrected chi connectivity index (χ1v) is 5.85. The van der Waals surface area contributed by atoms with Crippen molar-refractivity contribution in [1.82, 2.24) is 10.6 Å². The second kappa shape index (κ2) is 5.64. The number of benzene rings is 1. The van der Waals surface area contributed by atoms with Crippen molar-refractivity contribution in [2.75, 3.05) is 13.2 Å². The molecule has 1 fully saturated rings. The molecule has 1 aliphatic heterocycles. The lowest BCUT2D eigenvalue weighted by molar-refractivity contribution is -0.138. The summed E-state index contributed by atoms with van der Waals surface area (Å²) in [6, 6.07) is 7.33. The van der Waals surface area contributed by atoms with Crippen molar-refractivity contribution >= 4 is 11.8 Å². The van der Waals surface area contributed by atoms with Crippen molar-refractivity contribution in [3.05, 3.63) is 35.4 Å². The summed E-state index contributed by atoms with van der Waals surface area (Å²) in [5.41, 5.74) is 2.20. The Bertz CT molecular complexity index is 442. The van der Waals surface area contributed by atoms with Crippen LogP contribution in [0.5, 0.6) is 0 Å². The zero-order valence-electron chi connectivity index (χ0n) is 10.2. The summed E-state index contributed by atoms with van der Waals surface area (Å²) >= 11 is 0. The van der Waals surface area contributed by atoms with Crippen molar-refractivity contribution in [2.45, 2.75) is 19.5 Å². The van der Waals surface area contributed by atoms with Gasteiger partial charge < -0.3 is 15.4 Å². The minimum absolute atomic E-state index is 0.0295. The number of rotatable bonds is 3. The number of ether oxygens (including phenoxy) is 1. The first-order chi connectivity index (χ1) is 8.65. The van der Waals surface area contributed by atoms with E-state index in [1.807, 2.05) is 31.2 Å². The maximum absolute atomic E-state index is 11.8. The van der Waals surface area contributed by atoms with Gasteiger partial charge in [0.2, 0.25) is 11.8 Å². The van der Waals surface area contributed by atoms with Crippen LogP contribution in [0.2, 0.25) is 0 Å². The zero-order valence-corrected chi connectivity index (χ0v) is 10.2. The number of carbonyl (C=O) groups is 2. The minimum atomic E-state index is -0.586. The van der Waals surface area contributed by atoms with Gasteiger partial charge in [0.1, 0.15) is 12.6 Å². The van der Waals surface area contributed by atoms with E-state index in [1.54, 1.807) is 0 Å². The summed E-state index contributed by atoms with van der Waals surface area (Å²) < 4.78 is 5.01. The zero-order chi connectivity index (χ0) is 13.0. The van der Waals surface area contributed by atoms with Gasteiger partial charge >= 0.3 is 0 Å². The van der Waals surface area contributed by atoms with Crippen LogP contribution < -0.4 is 10.6 Å². The lowest BCUT2D eigenvalue weighted by Gasteiger charge is -2.22. The molecule has 1 unspecified atom stereocenters. The van der Waals surface area contributed by atoms with Crippen LogP contribution in [0.4, 0.5) is 0 Å². The molecule has 18 heavy (non-hydrogen) atoms.